The van der Waals surface area contributed by atoms with Gasteiger partial charge in [0.05, 0.1) is 6.33 Å². The van der Waals surface area contributed by atoms with Crippen molar-refractivity contribution >= 4 is 18.4 Å². The van der Waals surface area contributed by atoms with Crippen LogP contribution in [0.25, 0.3) is 0 Å². The number of hydrogen-bond acceptors (Lipinski definition) is 3. The molecule has 0 bridgehead atoms. The number of carbonyl (C=O) groups is 1. The Morgan fingerprint density at radius 2 is 2.42 bits per heavy atom. The fraction of sp³-hybridized carbons (Fsp3) is 0.333. The van der Waals surface area contributed by atoms with Gasteiger partial charge in [-0.1, -0.05) is 0 Å². The maximum Gasteiger partial charge on any atom is 0.322 e. The van der Waals surface area contributed by atoms with Gasteiger partial charge in [-0.15, -0.1) is 12.4 Å². The van der Waals surface area contributed by atoms with Gasteiger partial charge in [-0.3, -0.25) is 4.79 Å². The standard InChI is InChI=1S/C6H9N3O2.ClH/c7-5(6(10)11)3-9-2-1-8-4-9;/h1-2,4-5H,3,7H2,(H,10,11);1H. The molecular weight excluding hydrogens is 182 g/mol. The molecule has 1 aromatic heterocycles. The Morgan fingerprint density at radius 1 is 1.75 bits per heavy atom. The van der Waals surface area contributed by atoms with Gasteiger partial charge in [0.1, 0.15) is 6.04 Å². The average molecular weight is 192 g/mol. The third-order valence-electron chi connectivity index (χ3n) is 1.28. The zero-order chi connectivity index (χ0) is 8.27. The lowest BCUT2D eigenvalue weighted by atomic mass is 10.3. The van der Waals surface area contributed by atoms with E-state index in [4.69, 9.17) is 10.8 Å². The summed E-state index contributed by atoms with van der Waals surface area (Å²) in [7, 11) is 0. The Bertz CT molecular complexity index is 237. The number of rotatable bonds is 3. The van der Waals surface area contributed by atoms with Gasteiger partial charge in [0, 0.05) is 18.9 Å². The zero-order valence-corrected chi connectivity index (χ0v) is 7.07. The normalized spacial score (nSPS) is 11.8. The Balaban J connectivity index is 0.00000121. The summed E-state index contributed by atoms with van der Waals surface area (Å²) in [6.45, 7) is 0.259. The molecule has 1 heterocycles. The third kappa shape index (κ3) is 2.89. The molecule has 1 unspecified atom stereocenters. The molecule has 6 heteroatoms. The molecule has 12 heavy (non-hydrogen) atoms. The monoisotopic (exact) mass is 191 g/mol. The predicted molar refractivity (Wildman–Crippen MR) is 45.1 cm³/mol. The molecule has 0 aliphatic heterocycles. The van der Waals surface area contributed by atoms with Crippen LogP contribution in [-0.2, 0) is 11.3 Å². The molecule has 3 N–H and O–H groups in total. The summed E-state index contributed by atoms with van der Waals surface area (Å²) in [6, 6.07) is -0.857. The Kier molecular flexibility index (Phi) is 4.31. The summed E-state index contributed by atoms with van der Waals surface area (Å²) < 4.78 is 1.62. The van der Waals surface area contributed by atoms with Crippen LogP contribution < -0.4 is 5.73 Å². The molecule has 0 aliphatic rings. The largest absolute Gasteiger partial charge is 0.480 e. The molecule has 0 saturated carbocycles. The second-order valence-corrected chi connectivity index (χ2v) is 2.20. The molecule has 0 amide bonds. The van der Waals surface area contributed by atoms with Crippen molar-refractivity contribution in [3.8, 4) is 0 Å². The van der Waals surface area contributed by atoms with Crippen molar-refractivity contribution in [2.75, 3.05) is 0 Å². The highest BCUT2D eigenvalue weighted by Gasteiger charge is 2.10. The molecule has 0 saturated heterocycles. The lowest BCUT2D eigenvalue weighted by Crippen LogP contribution is -2.34. The summed E-state index contributed by atoms with van der Waals surface area (Å²) in [5, 5.41) is 8.42. The van der Waals surface area contributed by atoms with Gasteiger partial charge in [0.25, 0.3) is 0 Å². The van der Waals surface area contributed by atoms with Gasteiger partial charge in [0.2, 0.25) is 0 Å². The second-order valence-electron chi connectivity index (χ2n) is 2.20. The van der Waals surface area contributed by atoms with E-state index in [2.05, 4.69) is 4.98 Å². The van der Waals surface area contributed by atoms with Crippen molar-refractivity contribution in [1.29, 1.82) is 0 Å². The van der Waals surface area contributed by atoms with Crippen LogP contribution in [0.4, 0.5) is 0 Å². The molecule has 0 spiro atoms. The van der Waals surface area contributed by atoms with Gasteiger partial charge >= 0.3 is 5.97 Å². The predicted octanol–water partition coefficient (Wildman–Crippen LogP) is -0.283. The van der Waals surface area contributed by atoms with E-state index in [0.717, 1.165) is 0 Å². The summed E-state index contributed by atoms with van der Waals surface area (Å²) in [6.07, 6.45) is 4.78. The Hall–Kier alpha value is -1.07. The van der Waals surface area contributed by atoms with Gasteiger partial charge in [0.15, 0.2) is 0 Å². The van der Waals surface area contributed by atoms with E-state index in [9.17, 15) is 4.79 Å². The van der Waals surface area contributed by atoms with Crippen LogP contribution in [0.5, 0.6) is 0 Å². The first-order valence-corrected chi connectivity index (χ1v) is 3.14. The van der Waals surface area contributed by atoms with Crippen molar-refractivity contribution in [3.63, 3.8) is 0 Å². The maximum atomic E-state index is 10.3. The highest BCUT2D eigenvalue weighted by Crippen LogP contribution is 1.89. The number of nitrogens with two attached hydrogens (primary N) is 1. The van der Waals surface area contributed by atoms with Crippen molar-refractivity contribution in [1.82, 2.24) is 9.55 Å². The Morgan fingerprint density at radius 3 is 2.83 bits per heavy atom. The number of imidazole rings is 1. The van der Waals surface area contributed by atoms with E-state index in [-0.39, 0.29) is 19.0 Å². The number of halogens is 1. The van der Waals surface area contributed by atoms with Gasteiger partial charge in [-0.25, -0.2) is 4.98 Å². The van der Waals surface area contributed by atoms with E-state index in [0.29, 0.717) is 0 Å². The summed E-state index contributed by atoms with van der Waals surface area (Å²) >= 11 is 0. The van der Waals surface area contributed by atoms with Crippen LogP contribution in [0, 0.1) is 0 Å². The van der Waals surface area contributed by atoms with Crippen LogP contribution >= 0.6 is 12.4 Å². The molecule has 1 rings (SSSR count). The van der Waals surface area contributed by atoms with E-state index in [1.807, 2.05) is 0 Å². The fourth-order valence-corrected chi connectivity index (χ4v) is 0.700. The number of aliphatic carboxylic acids is 1. The van der Waals surface area contributed by atoms with Crippen LogP contribution in [0.15, 0.2) is 18.7 Å². The van der Waals surface area contributed by atoms with Crippen LogP contribution in [0.3, 0.4) is 0 Å². The quantitative estimate of drug-likeness (QED) is 0.689. The van der Waals surface area contributed by atoms with Crippen molar-refractivity contribution in [2.24, 2.45) is 5.73 Å². The summed E-state index contributed by atoms with van der Waals surface area (Å²) in [5.41, 5.74) is 5.26. The molecule has 0 fully saturated rings. The molecule has 5 nitrogen and oxygen atoms in total. The average Bonchev–Trinajstić information content (AvgIpc) is 2.39. The van der Waals surface area contributed by atoms with E-state index < -0.39 is 12.0 Å². The lowest BCUT2D eigenvalue weighted by molar-refractivity contribution is -0.138. The van der Waals surface area contributed by atoms with Gasteiger partial charge < -0.3 is 15.4 Å². The Labute approximate surface area is 75.6 Å². The third-order valence-corrected chi connectivity index (χ3v) is 1.28. The fourth-order valence-electron chi connectivity index (χ4n) is 0.700. The topological polar surface area (TPSA) is 81.1 Å². The molecule has 1 aromatic rings. The minimum Gasteiger partial charge on any atom is -0.480 e. The van der Waals surface area contributed by atoms with Gasteiger partial charge in [-0.2, -0.15) is 0 Å². The number of aromatic nitrogens is 2. The lowest BCUT2D eigenvalue weighted by Gasteiger charge is -2.05. The first kappa shape index (κ1) is 10.9. The van der Waals surface area contributed by atoms with Gasteiger partial charge in [-0.05, 0) is 0 Å². The molecule has 0 aromatic carbocycles. The molecule has 1 atom stereocenters. The summed E-state index contributed by atoms with van der Waals surface area (Å²) in [4.78, 5) is 14.0. The van der Waals surface area contributed by atoms with Crippen molar-refractivity contribution in [2.45, 2.75) is 12.6 Å². The summed E-state index contributed by atoms with van der Waals surface area (Å²) in [5.74, 6) is -1.00. The number of carboxylic acids is 1. The van der Waals surface area contributed by atoms with Crippen molar-refractivity contribution in [3.05, 3.63) is 18.7 Å². The van der Waals surface area contributed by atoms with E-state index in [1.165, 1.54) is 6.33 Å². The number of carboxylic acid groups (broad SMARTS) is 1. The van der Waals surface area contributed by atoms with E-state index in [1.54, 1.807) is 17.0 Å². The number of nitrogens with zero attached hydrogens (tertiary/aromatic N) is 2. The smallest absolute Gasteiger partial charge is 0.322 e. The van der Waals surface area contributed by atoms with E-state index >= 15 is 0 Å². The van der Waals surface area contributed by atoms with Crippen LogP contribution in [0.1, 0.15) is 0 Å². The minimum absolute atomic E-state index is 0. The first-order chi connectivity index (χ1) is 5.20. The zero-order valence-electron chi connectivity index (χ0n) is 6.25. The maximum absolute atomic E-state index is 10.3. The highest BCUT2D eigenvalue weighted by atomic mass is 35.5. The molecular formula is C6H10ClN3O2. The minimum atomic E-state index is -1.00. The highest BCUT2D eigenvalue weighted by molar-refractivity contribution is 5.85. The second kappa shape index (κ2) is 4.74. The molecule has 0 aliphatic carbocycles. The van der Waals surface area contributed by atoms with Crippen LogP contribution in [0.2, 0.25) is 0 Å². The molecule has 0 radical (unpaired) electrons. The SMILES string of the molecule is Cl.NC(Cn1ccnc1)C(=O)O. The van der Waals surface area contributed by atoms with Crippen LogP contribution in [-0.4, -0.2) is 26.7 Å². The first-order valence-electron chi connectivity index (χ1n) is 3.14. The number of hydrogen-bond donors (Lipinski definition) is 2. The van der Waals surface area contributed by atoms with Crippen molar-refractivity contribution < 1.29 is 9.90 Å². The molecule has 68 valence electrons.